The van der Waals surface area contributed by atoms with Crippen molar-refractivity contribution in [2.24, 2.45) is 0 Å². The third-order valence-corrected chi connectivity index (χ3v) is 2.35. The van der Waals surface area contributed by atoms with Crippen molar-refractivity contribution in [3.8, 4) is 0 Å². The molecule has 9 heavy (non-hydrogen) atoms. The summed E-state index contributed by atoms with van der Waals surface area (Å²) in [4.78, 5) is 2.47. The van der Waals surface area contributed by atoms with Crippen LogP contribution in [0.1, 0.15) is 20.3 Å². The van der Waals surface area contributed by atoms with E-state index in [0.717, 1.165) is 0 Å². The van der Waals surface area contributed by atoms with Crippen molar-refractivity contribution in [3.63, 3.8) is 0 Å². The second-order valence-electron chi connectivity index (χ2n) is 3.03. The van der Waals surface area contributed by atoms with Crippen LogP contribution in [0.5, 0.6) is 0 Å². The van der Waals surface area contributed by atoms with E-state index >= 15 is 0 Å². The summed E-state index contributed by atoms with van der Waals surface area (Å²) in [6.07, 6.45) is 1.27. The molecular formula is C7H15NS. The highest BCUT2D eigenvalue weighted by atomic mass is 32.1. The normalized spacial score (nSPS) is 30.0. The molecule has 1 saturated heterocycles. The predicted octanol–water partition coefficient (Wildman–Crippen LogP) is 1.40. The summed E-state index contributed by atoms with van der Waals surface area (Å²) in [5.74, 6) is 0. The summed E-state index contributed by atoms with van der Waals surface area (Å²) in [6.45, 7) is 6.91. The molecule has 1 rings (SSSR count). The maximum Gasteiger partial charge on any atom is 0.0157 e. The Balaban J connectivity index is 2.30. The van der Waals surface area contributed by atoms with Crippen molar-refractivity contribution in [2.45, 2.75) is 31.6 Å². The lowest BCUT2D eigenvalue weighted by Crippen LogP contribution is -2.28. The molecular weight excluding hydrogens is 130 g/mol. The zero-order valence-corrected chi connectivity index (χ0v) is 7.06. The number of hydrogen-bond acceptors (Lipinski definition) is 2. The SMILES string of the molecule is CC(C)N1CC[C@H](S)C1. The Morgan fingerprint density at radius 3 is 2.44 bits per heavy atom. The summed E-state index contributed by atoms with van der Waals surface area (Å²) < 4.78 is 0. The Morgan fingerprint density at radius 1 is 1.56 bits per heavy atom. The summed E-state index contributed by atoms with van der Waals surface area (Å²) in [5, 5.41) is 0.632. The first-order valence-electron chi connectivity index (χ1n) is 3.62. The topological polar surface area (TPSA) is 3.24 Å². The van der Waals surface area contributed by atoms with E-state index in [1.54, 1.807) is 0 Å². The molecule has 1 aliphatic rings. The van der Waals surface area contributed by atoms with Crippen LogP contribution in [0.2, 0.25) is 0 Å². The van der Waals surface area contributed by atoms with Gasteiger partial charge in [-0.1, -0.05) is 0 Å². The fraction of sp³-hybridized carbons (Fsp3) is 1.00. The summed E-state index contributed by atoms with van der Waals surface area (Å²) >= 11 is 4.40. The minimum atomic E-state index is 0.632. The molecule has 0 saturated carbocycles. The molecule has 0 aromatic carbocycles. The van der Waals surface area contributed by atoms with E-state index < -0.39 is 0 Å². The first-order valence-corrected chi connectivity index (χ1v) is 4.14. The van der Waals surface area contributed by atoms with Gasteiger partial charge in [-0.25, -0.2) is 0 Å². The van der Waals surface area contributed by atoms with Gasteiger partial charge in [0.2, 0.25) is 0 Å². The average Bonchev–Trinajstić information content (AvgIpc) is 2.14. The molecule has 0 N–H and O–H groups in total. The monoisotopic (exact) mass is 145 g/mol. The molecule has 1 aliphatic heterocycles. The maximum atomic E-state index is 4.40. The summed E-state index contributed by atoms with van der Waals surface area (Å²) in [5.41, 5.74) is 0. The number of hydrogen-bond donors (Lipinski definition) is 1. The Morgan fingerprint density at radius 2 is 2.22 bits per heavy atom. The summed E-state index contributed by atoms with van der Waals surface area (Å²) in [7, 11) is 0. The highest BCUT2D eigenvalue weighted by molar-refractivity contribution is 7.81. The molecule has 1 heterocycles. The van der Waals surface area contributed by atoms with E-state index in [4.69, 9.17) is 0 Å². The van der Waals surface area contributed by atoms with Gasteiger partial charge in [-0.15, -0.1) is 0 Å². The fourth-order valence-electron chi connectivity index (χ4n) is 1.24. The Kier molecular flexibility index (Phi) is 2.42. The first-order chi connectivity index (χ1) is 4.20. The van der Waals surface area contributed by atoms with Crippen LogP contribution >= 0.6 is 12.6 Å². The second kappa shape index (κ2) is 2.93. The number of thiol groups is 1. The molecule has 0 aliphatic carbocycles. The van der Waals surface area contributed by atoms with Crippen LogP contribution in [0.3, 0.4) is 0 Å². The van der Waals surface area contributed by atoms with Crippen LogP contribution in [0, 0.1) is 0 Å². The quantitative estimate of drug-likeness (QED) is 0.546. The molecule has 0 radical (unpaired) electrons. The number of likely N-dealkylation sites (tertiary alicyclic amines) is 1. The molecule has 2 heteroatoms. The Labute approximate surface area is 62.8 Å². The van der Waals surface area contributed by atoms with Crippen LogP contribution in [0.25, 0.3) is 0 Å². The smallest absolute Gasteiger partial charge is 0.0157 e. The molecule has 1 nitrogen and oxygen atoms in total. The largest absolute Gasteiger partial charge is 0.300 e. The molecule has 1 fully saturated rings. The average molecular weight is 145 g/mol. The van der Waals surface area contributed by atoms with Crippen molar-refractivity contribution in [1.29, 1.82) is 0 Å². The van der Waals surface area contributed by atoms with Gasteiger partial charge >= 0.3 is 0 Å². The third-order valence-electron chi connectivity index (χ3n) is 1.93. The lowest BCUT2D eigenvalue weighted by Gasteiger charge is -2.18. The molecule has 0 bridgehead atoms. The third kappa shape index (κ3) is 1.87. The fourth-order valence-corrected chi connectivity index (χ4v) is 1.56. The van der Waals surface area contributed by atoms with Gasteiger partial charge in [0.15, 0.2) is 0 Å². The lowest BCUT2D eigenvalue weighted by molar-refractivity contribution is 0.277. The van der Waals surface area contributed by atoms with Gasteiger partial charge in [-0.05, 0) is 26.8 Å². The highest BCUT2D eigenvalue weighted by Gasteiger charge is 2.20. The van der Waals surface area contributed by atoms with Gasteiger partial charge in [0.1, 0.15) is 0 Å². The molecule has 0 spiro atoms. The van der Waals surface area contributed by atoms with E-state index in [-0.39, 0.29) is 0 Å². The van der Waals surface area contributed by atoms with Crippen LogP contribution in [-0.4, -0.2) is 29.3 Å². The Bertz CT molecular complexity index is 92.9. The van der Waals surface area contributed by atoms with Crippen molar-refractivity contribution in [1.82, 2.24) is 4.90 Å². The molecule has 0 aromatic heterocycles. The molecule has 0 amide bonds. The van der Waals surface area contributed by atoms with Gasteiger partial charge in [-0.2, -0.15) is 12.6 Å². The summed E-state index contributed by atoms with van der Waals surface area (Å²) in [6, 6.07) is 0.710. The molecule has 54 valence electrons. The standard InChI is InChI=1S/C7H15NS/c1-6(2)8-4-3-7(9)5-8/h6-7,9H,3-5H2,1-2H3/t7-/m0/s1. The van der Waals surface area contributed by atoms with Crippen LogP contribution in [-0.2, 0) is 0 Å². The first kappa shape index (κ1) is 7.42. The minimum absolute atomic E-state index is 0.632. The van der Waals surface area contributed by atoms with Gasteiger partial charge in [0, 0.05) is 17.8 Å². The lowest BCUT2D eigenvalue weighted by atomic mass is 10.3. The van der Waals surface area contributed by atoms with Crippen LogP contribution in [0.15, 0.2) is 0 Å². The van der Waals surface area contributed by atoms with E-state index in [2.05, 4.69) is 31.4 Å². The van der Waals surface area contributed by atoms with Crippen LogP contribution < -0.4 is 0 Å². The predicted molar refractivity (Wildman–Crippen MR) is 44.1 cm³/mol. The van der Waals surface area contributed by atoms with Gasteiger partial charge in [0.25, 0.3) is 0 Å². The second-order valence-corrected chi connectivity index (χ2v) is 3.76. The van der Waals surface area contributed by atoms with E-state index in [9.17, 15) is 0 Å². The van der Waals surface area contributed by atoms with Gasteiger partial charge in [-0.3, -0.25) is 4.90 Å². The highest BCUT2D eigenvalue weighted by Crippen LogP contribution is 2.15. The van der Waals surface area contributed by atoms with Crippen LogP contribution in [0.4, 0.5) is 0 Å². The van der Waals surface area contributed by atoms with Crippen molar-refractivity contribution in [2.75, 3.05) is 13.1 Å². The van der Waals surface area contributed by atoms with Crippen molar-refractivity contribution < 1.29 is 0 Å². The van der Waals surface area contributed by atoms with Crippen molar-refractivity contribution >= 4 is 12.6 Å². The minimum Gasteiger partial charge on any atom is -0.300 e. The van der Waals surface area contributed by atoms with Crippen molar-refractivity contribution in [3.05, 3.63) is 0 Å². The van der Waals surface area contributed by atoms with E-state index in [0.29, 0.717) is 11.3 Å². The van der Waals surface area contributed by atoms with E-state index in [1.807, 2.05) is 0 Å². The molecule has 1 atom stereocenters. The van der Waals surface area contributed by atoms with Gasteiger partial charge < -0.3 is 0 Å². The zero-order chi connectivity index (χ0) is 6.85. The van der Waals surface area contributed by atoms with Gasteiger partial charge in [0.05, 0.1) is 0 Å². The number of rotatable bonds is 1. The number of nitrogens with zero attached hydrogens (tertiary/aromatic N) is 1. The van der Waals surface area contributed by atoms with E-state index in [1.165, 1.54) is 19.5 Å². The zero-order valence-electron chi connectivity index (χ0n) is 6.17. The molecule has 0 unspecified atom stereocenters. The maximum absolute atomic E-state index is 4.40. The Hall–Kier alpha value is 0.310. The molecule has 0 aromatic rings.